The molecule has 144 valence electrons. The largest absolute Gasteiger partial charge is 0.392 e. The molecule has 2 atom stereocenters. The van der Waals surface area contributed by atoms with E-state index in [9.17, 15) is 15.1 Å². The van der Waals surface area contributed by atoms with Crippen molar-refractivity contribution < 1.29 is 15.1 Å². The molecule has 0 spiro atoms. The fourth-order valence-electron chi connectivity index (χ4n) is 3.30. The second kappa shape index (κ2) is 9.04. The Morgan fingerprint density at radius 3 is 2.59 bits per heavy atom. The van der Waals surface area contributed by atoms with Gasteiger partial charge in [0.15, 0.2) is 0 Å². The number of nitrogens with zero attached hydrogens (tertiary/aromatic N) is 2. The van der Waals surface area contributed by atoms with Gasteiger partial charge in [0.2, 0.25) is 0 Å². The second-order valence-corrected chi connectivity index (χ2v) is 7.62. The van der Waals surface area contributed by atoms with Gasteiger partial charge in [-0.15, -0.1) is 0 Å². The average Bonchev–Trinajstić information content (AvgIpc) is 3.07. The van der Waals surface area contributed by atoms with Crippen molar-refractivity contribution in [2.24, 2.45) is 0 Å². The third-order valence-electron chi connectivity index (χ3n) is 4.77. The summed E-state index contributed by atoms with van der Waals surface area (Å²) in [6, 6.07) is 13.8. The van der Waals surface area contributed by atoms with Gasteiger partial charge in [0.1, 0.15) is 0 Å². The van der Waals surface area contributed by atoms with Crippen LogP contribution in [0, 0.1) is 0 Å². The van der Waals surface area contributed by atoms with Crippen LogP contribution in [0.1, 0.15) is 23.6 Å². The molecule has 1 amide bonds. The quantitative estimate of drug-likeness (QED) is 0.566. The van der Waals surface area contributed by atoms with Gasteiger partial charge in [-0.1, -0.05) is 59.6 Å². The van der Waals surface area contributed by atoms with Crippen molar-refractivity contribution in [1.82, 2.24) is 9.96 Å². The summed E-state index contributed by atoms with van der Waals surface area (Å²) in [4.78, 5) is 14.8. The molecule has 1 aliphatic rings. The smallest absolute Gasteiger partial charge is 0.251 e. The van der Waals surface area contributed by atoms with Crippen molar-refractivity contribution in [3.63, 3.8) is 0 Å². The highest BCUT2D eigenvalue weighted by Gasteiger charge is 2.29. The van der Waals surface area contributed by atoms with Gasteiger partial charge in [0.05, 0.1) is 18.6 Å². The van der Waals surface area contributed by atoms with E-state index in [1.807, 2.05) is 35.2 Å². The zero-order valence-electron chi connectivity index (χ0n) is 14.8. The van der Waals surface area contributed by atoms with E-state index in [0.717, 1.165) is 17.2 Å². The van der Waals surface area contributed by atoms with Gasteiger partial charge in [-0.2, -0.15) is 0 Å². The zero-order valence-corrected chi connectivity index (χ0v) is 16.3. The van der Waals surface area contributed by atoms with Crippen molar-refractivity contribution in [3.05, 3.63) is 69.7 Å². The van der Waals surface area contributed by atoms with E-state index in [1.54, 1.807) is 18.2 Å². The third-order valence-corrected chi connectivity index (χ3v) is 5.36. The molecule has 0 aliphatic carbocycles. The molecule has 1 aliphatic heterocycles. The summed E-state index contributed by atoms with van der Waals surface area (Å²) < 4.78 is 0. The van der Waals surface area contributed by atoms with E-state index in [4.69, 9.17) is 23.2 Å². The van der Waals surface area contributed by atoms with Crippen LogP contribution in [0.15, 0.2) is 48.5 Å². The Morgan fingerprint density at radius 2 is 1.96 bits per heavy atom. The van der Waals surface area contributed by atoms with Crippen LogP contribution < -0.4 is 0 Å². The lowest BCUT2D eigenvalue weighted by Crippen LogP contribution is -2.40. The lowest BCUT2D eigenvalue weighted by atomic mass is 10.0. The van der Waals surface area contributed by atoms with E-state index < -0.39 is 11.9 Å². The number of rotatable bonds is 6. The number of hydrogen-bond acceptors (Lipinski definition) is 4. The van der Waals surface area contributed by atoms with Gasteiger partial charge < -0.3 is 5.11 Å². The molecular weight excluding hydrogens is 387 g/mol. The summed E-state index contributed by atoms with van der Waals surface area (Å²) in [5, 5.41) is 22.1. The first kappa shape index (κ1) is 20.1. The first-order valence-corrected chi connectivity index (χ1v) is 9.60. The molecule has 3 rings (SSSR count). The molecule has 2 aromatic rings. The van der Waals surface area contributed by atoms with Crippen molar-refractivity contribution in [2.45, 2.75) is 25.0 Å². The Bertz CT molecular complexity index is 788. The zero-order chi connectivity index (χ0) is 19.4. The second-order valence-electron chi connectivity index (χ2n) is 6.78. The average molecular weight is 409 g/mol. The maximum Gasteiger partial charge on any atom is 0.251 e. The number of aliphatic hydroxyl groups is 1. The number of halogens is 2. The fraction of sp³-hybridized carbons (Fsp3) is 0.350. The molecule has 5 nitrogen and oxygen atoms in total. The van der Waals surface area contributed by atoms with E-state index in [-0.39, 0.29) is 12.5 Å². The number of aliphatic hydroxyl groups excluding tert-OH is 1. The van der Waals surface area contributed by atoms with Crippen LogP contribution >= 0.6 is 23.2 Å². The first-order chi connectivity index (χ1) is 12.9. The number of carbonyl (C=O) groups excluding carboxylic acids is 1. The Kier molecular flexibility index (Phi) is 6.73. The molecule has 1 heterocycles. The Morgan fingerprint density at radius 1 is 1.22 bits per heavy atom. The Hall–Kier alpha value is -1.63. The van der Waals surface area contributed by atoms with Gasteiger partial charge in [0, 0.05) is 29.7 Å². The van der Waals surface area contributed by atoms with Crippen LogP contribution in [0.4, 0.5) is 0 Å². The van der Waals surface area contributed by atoms with Crippen LogP contribution in [0.2, 0.25) is 10.0 Å². The number of likely N-dealkylation sites (tertiary alicyclic amines) is 1. The number of amides is 1. The number of β-amino-alcohol motifs (C(OH)–C–C–N with tert-alkyl or cyclic N) is 1. The fourth-order valence-corrected chi connectivity index (χ4v) is 3.78. The monoisotopic (exact) mass is 408 g/mol. The number of hydroxylamine groups is 2. The van der Waals surface area contributed by atoms with Crippen LogP contribution in [-0.2, 0) is 11.2 Å². The lowest BCUT2D eigenvalue weighted by molar-refractivity contribution is -0.177. The number of hydrogen-bond donors (Lipinski definition) is 2. The molecule has 2 aromatic carbocycles. The van der Waals surface area contributed by atoms with Crippen molar-refractivity contribution in [3.8, 4) is 0 Å². The standard InChI is InChI=1S/C20H22Cl2N2O3/c21-16-7-6-15(18(22)11-16)10-20(26)24(27)19(14-4-2-1-3-5-14)13-23-9-8-17(25)12-23/h1-7,11,17,19,25,27H,8-10,12-13H2/t17-,19?/m0/s1. The summed E-state index contributed by atoms with van der Waals surface area (Å²) in [5.41, 5.74) is 1.44. The SMILES string of the molecule is O=C(Cc1ccc(Cl)cc1Cl)N(O)C(CN1CC[C@H](O)C1)c1ccccc1. The summed E-state index contributed by atoms with van der Waals surface area (Å²) in [7, 11) is 0. The Labute approximate surface area is 168 Å². The minimum atomic E-state index is -0.532. The van der Waals surface area contributed by atoms with E-state index in [2.05, 4.69) is 0 Å². The molecule has 7 heteroatoms. The van der Waals surface area contributed by atoms with Crippen LogP contribution in [0.5, 0.6) is 0 Å². The van der Waals surface area contributed by atoms with Crippen molar-refractivity contribution in [1.29, 1.82) is 0 Å². The van der Waals surface area contributed by atoms with Crippen LogP contribution in [-0.4, -0.2) is 51.9 Å². The maximum absolute atomic E-state index is 12.7. The molecule has 0 aromatic heterocycles. The highest BCUT2D eigenvalue weighted by Crippen LogP contribution is 2.26. The van der Waals surface area contributed by atoms with Gasteiger partial charge in [0.25, 0.3) is 5.91 Å². The predicted octanol–water partition coefficient (Wildman–Crippen LogP) is 3.56. The molecule has 0 saturated carbocycles. The minimum absolute atomic E-state index is 0.0293. The summed E-state index contributed by atoms with van der Waals surface area (Å²) >= 11 is 12.1. The lowest BCUT2D eigenvalue weighted by Gasteiger charge is -2.30. The Balaban J connectivity index is 1.77. The van der Waals surface area contributed by atoms with Gasteiger partial charge in [-0.25, -0.2) is 5.06 Å². The molecular formula is C20H22Cl2N2O3. The number of carbonyl (C=O) groups is 1. The highest BCUT2D eigenvalue weighted by atomic mass is 35.5. The molecule has 1 saturated heterocycles. The van der Waals surface area contributed by atoms with Crippen LogP contribution in [0.3, 0.4) is 0 Å². The van der Waals surface area contributed by atoms with Gasteiger partial charge in [-0.3, -0.25) is 14.9 Å². The molecule has 1 unspecified atom stereocenters. The maximum atomic E-state index is 12.7. The topological polar surface area (TPSA) is 64.0 Å². The van der Waals surface area contributed by atoms with E-state index in [1.165, 1.54) is 0 Å². The number of benzene rings is 2. The van der Waals surface area contributed by atoms with E-state index >= 15 is 0 Å². The predicted molar refractivity (Wildman–Crippen MR) is 105 cm³/mol. The summed E-state index contributed by atoms with van der Waals surface area (Å²) in [6.45, 7) is 1.71. The van der Waals surface area contributed by atoms with Crippen molar-refractivity contribution >= 4 is 29.1 Å². The third kappa shape index (κ3) is 5.21. The molecule has 0 bridgehead atoms. The van der Waals surface area contributed by atoms with Crippen LogP contribution in [0.25, 0.3) is 0 Å². The normalized spacial score (nSPS) is 18.4. The first-order valence-electron chi connectivity index (χ1n) is 8.84. The molecule has 0 radical (unpaired) electrons. The summed E-state index contributed by atoms with van der Waals surface area (Å²) in [6.07, 6.45) is 0.303. The van der Waals surface area contributed by atoms with Crippen molar-refractivity contribution in [2.75, 3.05) is 19.6 Å². The molecule has 27 heavy (non-hydrogen) atoms. The van der Waals surface area contributed by atoms with Gasteiger partial charge in [-0.05, 0) is 29.7 Å². The van der Waals surface area contributed by atoms with Gasteiger partial charge >= 0.3 is 0 Å². The molecule has 1 fully saturated rings. The summed E-state index contributed by atoms with van der Waals surface area (Å²) in [5.74, 6) is -0.451. The highest BCUT2D eigenvalue weighted by molar-refractivity contribution is 6.35. The molecule has 2 N–H and O–H groups in total. The van der Waals surface area contributed by atoms with E-state index in [0.29, 0.717) is 35.1 Å². The minimum Gasteiger partial charge on any atom is -0.392 e.